The topological polar surface area (TPSA) is 42.1 Å². The van der Waals surface area contributed by atoms with Crippen LogP contribution in [0.15, 0.2) is 18.3 Å². The number of rotatable bonds is 4. The van der Waals surface area contributed by atoms with Crippen molar-refractivity contribution in [2.24, 2.45) is 11.7 Å². The van der Waals surface area contributed by atoms with Gasteiger partial charge in [-0.05, 0) is 37.3 Å². The zero-order chi connectivity index (χ0) is 13.7. The van der Waals surface area contributed by atoms with Crippen molar-refractivity contribution in [1.29, 1.82) is 0 Å². The number of hydrogen-bond acceptors (Lipinski definition) is 3. The van der Waals surface area contributed by atoms with Crippen LogP contribution in [0.4, 0.5) is 5.82 Å². The van der Waals surface area contributed by atoms with Crippen LogP contribution in [0.1, 0.15) is 44.6 Å². The number of aromatic nitrogens is 1. The van der Waals surface area contributed by atoms with Crippen LogP contribution in [0.25, 0.3) is 0 Å². The number of nitrogens with zero attached hydrogens (tertiary/aromatic N) is 2. The molecule has 19 heavy (non-hydrogen) atoms. The second-order valence-electron chi connectivity index (χ2n) is 5.34. The van der Waals surface area contributed by atoms with Gasteiger partial charge in [-0.3, -0.25) is 0 Å². The molecule has 1 aromatic rings. The maximum absolute atomic E-state index is 5.60. The molecular formula is C15H23N3S. The van der Waals surface area contributed by atoms with Crippen LogP contribution in [-0.4, -0.2) is 23.1 Å². The molecule has 0 radical (unpaired) electrons. The second-order valence-corrected chi connectivity index (χ2v) is 5.78. The summed E-state index contributed by atoms with van der Waals surface area (Å²) in [6.07, 6.45) is 8.35. The van der Waals surface area contributed by atoms with E-state index in [0.717, 1.165) is 30.4 Å². The highest BCUT2D eigenvalue weighted by Crippen LogP contribution is 2.24. The molecular weight excluding hydrogens is 254 g/mol. The normalized spacial score (nSPS) is 20.1. The minimum atomic E-state index is 0.415. The van der Waals surface area contributed by atoms with Crippen LogP contribution >= 0.6 is 12.2 Å². The molecule has 2 rings (SSSR count). The lowest BCUT2D eigenvalue weighted by Gasteiger charge is -2.21. The average Bonchev–Trinajstić information content (AvgIpc) is 2.65. The molecule has 4 heteroatoms. The molecule has 0 bridgehead atoms. The lowest BCUT2D eigenvalue weighted by Crippen LogP contribution is -2.25. The first kappa shape index (κ1) is 14.3. The van der Waals surface area contributed by atoms with Crippen molar-refractivity contribution in [1.82, 2.24) is 4.98 Å². The maximum atomic E-state index is 5.60. The Morgan fingerprint density at radius 1 is 1.42 bits per heavy atom. The molecule has 0 saturated carbocycles. The molecule has 1 aliphatic heterocycles. The largest absolute Gasteiger partial charge is 0.389 e. The van der Waals surface area contributed by atoms with Gasteiger partial charge in [0.25, 0.3) is 0 Å². The Labute approximate surface area is 121 Å². The van der Waals surface area contributed by atoms with Gasteiger partial charge in [-0.2, -0.15) is 0 Å². The zero-order valence-electron chi connectivity index (χ0n) is 11.6. The fourth-order valence-corrected chi connectivity index (χ4v) is 2.93. The molecule has 1 unspecified atom stereocenters. The van der Waals surface area contributed by atoms with Crippen LogP contribution in [0.2, 0.25) is 0 Å². The minimum Gasteiger partial charge on any atom is -0.389 e. The molecule has 1 aliphatic rings. The van der Waals surface area contributed by atoms with Crippen molar-refractivity contribution in [3.05, 3.63) is 23.9 Å². The van der Waals surface area contributed by atoms with Crippen LogP contribution < -0.4 is 10.6 Å². The van der Waals surface area contributed by atoms with Gasteiger partial charge < -0.3 is 10.6 Å². The van der Waals surface area contributed by atoms with E-state index in [9.17, 15) is 0 Å². The number of nitrogens with two attached hydrogens (primary N) is 1. The van der Waals surface area contributed by atoms with Crippen molar-refractivity contribution in [3.8, 4) is 0 Å². The quantitative estimate of drug-likeness (QED) is 0.859. The Hall–Kier alpha value is -1.16. The molecule has 104 valence electrons. The van der Waals surface area contributed by atoms with Crippen molar-refractivity contribution in [3.63, 3.8) is 0 Å². The lowest BCUT2D eigenvalue weighted by atomic mass is 9.96. The standard InChI is InChI=1S/C15H23N3S/c1-2-4-12-5-3-9-18(10-8-12)14-7-6-13(11-17-14)15(16)19/h6-7,11-12H,2-5,8-10H2,1H3,(H2,16,19). The average molecular weight is 277 g/mol. The van der Waals surface area contributed by atoms with Gasteiger partial charge in [-0.1, -0.05) is 32.0 Å². The van der Waals surface area contributed by atoms with E-state index >= 15 is 0 Å². The Morgan fingerprint density at radius 2 is 2.26 bits per heavy atom. The van der Waals surface area contributed by atoms with E-state index in [2.05, 4.69) is 16.8 Å². The summed E-state index contributed by atoms with van der Waals surface area (Å²) in [6.45, 7) is 4.50. The van der Waals surface area contributed by atoms with E-state index in [1.54, 1.807) is 6.20 Å². The summed E-state index contributed by atoms with van der Waals surface area (Å²) >= 11 is 4.95. The summed E-state index contributed by atoms with van der Waals surface area (Å²) in [6, 6.07) is 4.01. The Morgan fingerprint density at radius 3 is 2.89 bits per heavy atom. The number of pyridine rings is 1. The van der Waals surface area contributed by atoms with Gasteiger partial charge in [0, 0.05) is 24.8 Å². The van der Waals surface area contributed by atoms with Gasteiger partial charge in [0.15, 0.2) is 0 Å². The molecule has 3 nitrogen and oxygen atoms in total. The van der Waals surface area contributed by atoms with E-state index in [1.165, 1.54) is 32.1 Å². The Bertz CT molecular complexity index is 416. The highest BCUT2D eigenvalue weighted by molar-refractivity contribution is 7.80. The smallest absolute Gasteiger partial charge is 0.128 e. The predicted octanol–water partition coefficient (Wildman–Crippen LogP) is 3.12. The number of anilines is 1. The second kappa shape index (κ2) is 6.85. The molecule has 0 amide bonds. The van der Waals surface area contributed by atoms with Crippen molar-refractivity contribution >= 4 is 23.0 Å². The third-order valence-electron chi connectivity index (χ3n) is 3.90. The molecule has 1 atom stereocenters. The van der Waals surface area contributed by atoms with Gasteiger partial charge in [-0.15, -0.1) is 0 Å². The van der Waals surface area contributed by atoms with Gasteiger partial charge in [0.2, 0.25) is 0 Å². The maximum Gasteiger partial charge on any atom is 0.128 e. The van der Waals surface area contributed by atoms with Gasteiger partial charge in [-0.25, -0.2) is 4.98 Å². The third kappa shape index (κ3) is 3.90. The monoisotopic (exact) mass is 277 g/mol. The first-order valence-corrected chi connectivity index (χ1v) is 7.62. The van der Waals surface area contributed by atoms with Crippen LogP contribution in [-0.2, 0) is 0 Å². The molecule has 1 fully saturated rings. The fourth-order valence-electron chi connectivity index (χ4n) is 2.81. The molecule has 2 N–H and O–H groups in total. The molecule has 1 aromatic heterocycles. The van der Waals surface area contributed by atoms with E-state index < -0.39 is 0 Å². The van der Waals surface area contributed by atoms with E-state index in [-0.39, 0.29) is 0 Å². The summed E-state index contributed by atoms with van der Waals surface area (Å²) in [5.41, 5.74) is 6.44. The first-order valence-electron chi connectivity index (χ1n) is 7.21. The van der Waals surface area contributed by atoms with Gasteiger partial charge in [0.05, 0.1) is 0 Å². The summed E-state index contributed by atoms with van der Waals surface area (Å²) in [5, 5.41) is 0. The molecule has 0 aromatic carbocycles. The minimum absolute atomic E-state index is 0.415. The lowest BCUT2D eigenvalue weighted by molar-refractivity contribution is 0.435. The summed E-state index contributed by atoms with van der Waals surface area (Å²) in [5.74, 6) is 1.95. The molecule has 0 spiro atoms. The predicted molar refractivity (Wildman–Crippen MR) is 84.6 cm³/mol. The van der Waals surface area contributed by atoms with Crippen molar-refractivity contribution < 1.29 is 0 Å². The Balaban J connectivity index is 1.99. The van der Waals surface area contributed by atoms with E-state index in [1.807, 2.05) is 12.1 Å². The zero-order valence-corrected chi connectivity index (χ0v) is 12.5. The summed E-state index contributed by atoms with van der Waals surface area (Å²) < 4.78 is 0. The third-order valence-corrected chi connectivity index (χ3v) is 4.14. The van der Waals surface area contributed by atoms with E-state index in [0.29, 0.717) is 4.99 Å². The SMILES string of the molecule is CCCC1CCCN(c2ccc(C(N)=S)cn2)CC1. The van der Waals surface area contributed by atoms with Crippen molar-refractivity contribution in [2.45, 2.75) is 39.0 Å². The molecule has 2 heterocycles. The van der Waals surface area contributed by atoms with Crippen LogP contribution in [0.3, 0.4) is 0 Å². The van der Waals surface area contributed by atoms with Crippen LogP contribution in [0.5, 0.6) is 0 Å². The first-order chi connectivity index (χ1) is 9.20. The van der Waals surface area contributed by atoms with Gasteiger partial charge >= 0.3 is 0 Å². The summed E-state index contributed by atoms with van der Waals surface area (Å²) in [7, 11) is 0. The van der Waals surface area contributed by atoms with Crippen LogP contribution in [0, 0.1) is 5.92 Å². The Kier molecular flexibility index (Phi) is 5.14. The number of hydrogen-bond donors (Lipinski definition) is 1. The summed E-state index contributed by atoms with van der Waals surface area (Å²) in [4.78, 5) is 7.30. The van der Waals surface area contributed by atoms with Crippen molar-refractivity contribution in [2.75, 3.05) is 18.0 Å². The fraction of sp³-hybridized carbons (Fsp3) is 0.600. The number of thiocarbonyl (C=S) groups is 1. The van der Waals surface area contributed by atoms with E-state index in [4.69, 9.17) is 18.0 Å². The molecule has 0 aliphatic carbocycles. The molecule has 1 saturated heterocycles. The van der Waals surface area contributed by atoms with Gasteiger partial charge in [0.1, 0.15) is 10.8 Å². The highest BCUT2D eigenvalue weighted by Gasteiger charge is 2.17. The highest BCUT2D eigenvalue weighted by atomic mass is 32.1.